The minimum Gasteiger partial charge on any atom is -0.458 e. The van der Waals surface area contributed by atoms with Crippen molar-refractivity contribution in [2.75, 3.05) is 52.9 Å². The van der Waals surface area contributed by atoms with Crippen LogP contribution in [0.1, 0.15) is 59.8 Å². The number of piperazine rings is 1. The third-order valence-electron chi connectivity index (χ3n) is 9.48. The minimum absolute atomic E-state index is 0.158. The lowest BCUT2D eigenvalue weighted by atomic mass is 9.57. The van der Waals surface area contributed by atoms with E-state index in [1.807, 2.05) is 0 Å². The van der Waals surface area contributed by atoms with Gasteiger partial charge in [0.2, 0.25) is 0 Å². The average molecular weight is 462 g/mol. The van der Waals surface area contributed by atoms with E-state index in [9.17, 15) is 9.90 Å². The number of hydrogen-bond acceptors (Lipinski definition) is 6. The SMILES string of the molecule is CC(=O)O[C@@H]1C[C@@]2(O)[C@H](C)CC[C@@H]([C@H](C)CN3CCC(N4CCN(C)CC4)CC3)[C@H]2C=C1C. The highest BCUT2D eigenvalue weighted by Crippen LogP contribution is 2.51. The van der Waals surface area contributed by atoms with Gasteiger partial charge in [0.25, 0.3) is 0 Å². The molecule has 0 amide bonds. The van der Waals surface area contributed by atoms with Crippen molar-refractivity contribution in [3.8, 4) is 0 Å². The zero-order valence-electron chi connectivity index (χ0n) is 21.6. The second-order valence-corrected chi connectivity index (χ2v) is 11.7. The monoisotopic (exact) mass is 461 g/mol. The Bertz CT molecular complexity index is 711. The Balaban J connectivity index is 1.36. The van der Waals surface area contributed by atoms with Crippen molar-refractivity contribution in [3.63, 3.8) is 0 Å². The summed E-state index contributed by atoms with van der Waals surface area (Å²) in [4.78, 5) is 19.4. The molecule has 0 aromatic heterocycles. The summed E-state index contributed by atoms with van der Waals surface area (Å²) in [6.07, 6.45) is 7.31. The molecule has 2 saturated heterocycles. The van der Waals surface area contributed by atoms with Crippen molar-refractivity contribution in [1.29, 1.82) is 0 Å². The Morgan fingerprint density at radius 1 is 1.15 bits per heavy atom. The maximum Gasteiger partial charge on any atom is 0.303 e. The highest BCUT2D eigenvalue weighted by molar-refractivity contribution is 5.66. The number of ether oxygens (including phenoxy) is 1. The van der Waals surface area contributed by atoms with Crippen LogP contribution in [0.3, 0.4) is 0 Å². The van der Waals surface area contributed by atoms with Gasteiger partial charge in [-0.3, -0.25) is 9.69 Å². The second kappa shape index (κ2) is 10.3. The van der Waals surface area contributed by atoms with Gasteiger partial charge >= 0.3 is 5.97 Å². The largest absolute Gasteiger partial charge is 0.458 e. The number of esters is 1. The highest BCUT2D eigenvalue weighted by Gasteiger charge is 2.52. The summed E-state index contributed by atoms with van der Waals surface area (Å²) in [5, 5.41) is 11.8. The lowest BCUT2D eigenvalue weighted by Gasteiger charge is -2.53. The summed E-state index contributed by atoms with van der Waals surface area (Å²) in [5.74, 6) is 1.15. The number of aliphatic hydroxyl groups is 1. The van der Waals surface area contributed by atoms with E-state index in [2.05, 4.69) is 48.6 Å². The molecular weight excluding hydrogens is 414 g/mol. The van der Waals surface area contributed by atoms with E-state index in [1.165, 1.54) is 65.5 Å². The number of nitrogens with zero attached hydrogens (tertiary/aromatic N) is 3. The molecule has 4 rings (SSSR count). The molecule has 1 saturated carbocycles. The predicted octanol–water partition coefficient (Wildman–Crippen LogP) is 3.01. The number of hydrogen-bond donors (Lipinski definition) is 1. The minimum atomic E-state index is -0.773. The Hall–Kier alpha value is -0.950. The number of likely N-dealkylation sites (tertiary alicyclic amines) is 1. The molecule has 6 heteroatoms. The van der Waals surface area contributed by atoms with Crippen LogP contribution in [-0.2, 0) is 9.53 Å². The summed E-state index contributed by atoms with van der Waals surface area (Å²) in [5.41, 5.74) is 0.338. The number of likely N-dealkylation sites (N-methyl/N-ethyl adjacent to an activating group) is 1. The maximum absolute atomic E-state index is 11.8. The summed E-state index contributed by atoms with van der Waals surface area (Å²) in [7, 11) is 2.23. The van der Waals surface area contributed by atoms with Crippen LogP contribution in [0.5, 0.6) is 0 Å². The van der Waals surface area contributed by atoms with Crippen LogP contribution in [-0.4, -0.2) is 96.4 Å². The van der Waals surface area contributed by atoms with Gasteiger partial charge < -0.3 is 19.6 Å². The van der Waals surface area contributed by atoms with Gasteiger partial charge in [0, 0.05) is 58.0 Å². The fourth-order valence-electron chi connectivity index (χ4n) is 7.20. The Morgan fingerprint density at radius 3 is 2.45 bits per heavy atom. The highest BCUT2D eigenvalue weighted by atomic mass is 16.5. The van der Waals surface area contributed by atoms with E-state index in [0.717, 1.165) is 24.6 Å². The zero-order chi connectivity index (χ0) is 23.8. The number of piperidine rings is 1. The Labute approximate surface area is 201 Å². The Kier molecular flexibility index (Phi) is 7.89. The van der Waals surface area contributed by atoms with Crippen LogP contribution < -0.4 is 0 Å². The fraction of sp³-hybridized carbons (Fsp3) is 0.889. The van der Waals surface area contributed by atoms with Crippen LogP contribution in [0, 0.1) is 23.7 Å². The van der Waals surface area contributed by atoms with Gasteiger partial charge in [-0.1, -0.05) is 19.9 Å². The van der Waals surface area contributed by atoms with Crippen LogP contribution in [0.2, 0.25) is 0 Å². The molecule has 2 aliphatic carbocycles. The van der Waals surface area contributed by atoms with Crippen molar-refractivity contribution in [1.82, 2.24) is 14.7 Å². The number of rotatable bonds is 5. The van der Waals surface area contributed by atoms with E-state index in [-0.39, 0.29) is 23.9 Å². The molecule has 2 aliphatic heterocycles. The Morgan fingerprint density at radius 2 is 1.82 bits per heavy atom. The molecule has 0 aromatic rings. The molecule has 0 bridgehead atoms. The van der Waals surface area contributed by atoms with Gasteiger partial charge in [-0.25, -0.2) is 0 Å². The molecule has 4 aliphatic rings. The van der Waals surface area contributed by atoms with Gasteiger partial charge in [0.15, 0.2) is 0 Å². The fourth-order valence-corrected chi connectivity index (χ4v) is 7.20. The first-order valence-electron chi connectivity index (χ1n) is 13.4. The first-order valence-corrected chi connectivity index (χ1v) is 13.4. The van der Waals surface area contributed by atoms with Crippen molar-refractivity contribution in [2.24, 2.45) is 23.7 Å². The molecule has 0 aromatic carbocycles. The van der Waals surface area contributed by atoms with Crippen molar-refractivity contribution < 1.29 is 14.6 Å². The molecule has 0 unspecified atom stereocenters. The van der Waals surface area contributed by atoms with Gasteiger partial charge in [0.05, 0.1) is 5.60 Å². The number of carbonyl (C=O) groups is 1. The lowest BCUT2D eigenvalue weighted by molar-refractivity contribution is -0.159. The van der Waals surface area contributed by atoms with Gasteiger partial charge in [-0.2, -0.15) is 0 Å². The second-order valence-electron chi connectivity index (χ2n) is 11.7. The lowest BCUT2D eigenvalue weighted by Crippen LogP contribution is -2.56. The molecule has 6 atom stereocenters. The molecule has 2 heterocycles. The van der Waals surface area contributed by atoms with Crippen LogP contribution in [0.4, 0.5) is 0 Å². The van der Waals surface area contributed by atoms with E-state index in [1.54, 1.807) is 0 Å². The normalized spacial score (nSPS) is 38.4. The van der Waals surface area contributed by atoms with E-state index >= 15 is 0 Å². The maximum atomic E-state index is 11.8. The zero-order valence-corrected chi connectivity index (χ0v) is 21.6. The van der Waals surface area contributed by atoms with Crippen molar-refractivity contribution in [3.05, 3.63) is 11.6 Å². The first-order chi connectivity index (χ1) is 15.7. The standard InChI is InChI=1S/C27H47N3O3/c1-19-16-25-24(7-6-21(3)27(25,32)17-26(19)33-22(4)31)20(2)18-29-10-8-23(9-11-29)30-14-12-28(5)13-15-30/h16,20-21,23-26,32H,6-15,17-18H2,1-5H3/t20-,21-,24+,25-,26-,27-/m1/s1. The molecule has 3 fully saturated rings. The molecular formula is C27H47N3O3. The first kappa shape index (κ1) is 25.2. The molecule has 6 nitrogen and oxygen atoms in total. The van der Waals surface area contributed by atoms with Gasteiger partial charge in [-0.05, 0) is 76.1 Å². The van der Waals surface area contributed by atoms with Gasteiger partial charge in [0.1, 0.15) is 6.10 Å². The van der Waals surface area contributed by atoms with E-state index in [4.69, 9.17) is 4.74 Å². The van der Waals surface area contributed by atoms with Crippen LogP contribution in [0.15, 0.2) is 11.6 Å². The molecule has 0 spiro atoms. The van der Waals surface area contributed by atoms with Crippen LogP contribution in [0.25, 0.3) is 0 Å². The summed E-state index contributed by atoms with van der Waals surface area (Å²) < 4.78 is 5.57. The summed E-state index contributed by atoms with van der Waals surface area (Å²) in [6.45, 7) is 16.5. The van der Waals surface area contributed by atoms with Crippen molar-refractivity contribution >= 4 is 5.97 Å². The smallest absolute Gasteiger partial charge is 0.303 e. The number of carbonyl (C=O) groups excluding carboxylic acids is 1. The topological polar surface area (TPSA) is 56.3 Å². The van der Waals surface area contributed by atoms with Crippen molar-refractivity contribution in [2.45, 2.75) is 77.5 Å². The summed E-state index contributed by atoms with van der Waals surface area (Å²) in [6, 6.07) is 0.757. The van der Waals surface area contributed by atoms with Crippen LogP contribution >= 0.6 is 0 Å². The molecule has 0 radical (unpaired) electrons. The quantitative estimate of drug-likeness (QED) is 0.502. The van der Waals surface area contributed by atoms with E-state index < -0.39 is 5.60 Å². The molecule has 33 heavy (non-hydrogen) atoms. The van der Waals surface area contributed by atoms with E-state index in [0.29, 0.717) is 18.3 Å². The summed E-state index contributed by atoms with van der Waals surface area (Å²) >= 11 is 0. The van der Waals surface area contributed by atoms with Gasteiger partial charge in [-0.15, -0.1) is 0 Å². The molecule has 188 valence electrons. The predicted molar refractivity (Wildman–Crippen MR) is 132 cm³/mol. The third kappa shape index (κ3) is 5.50. The average Bonchev–Trinajstić information content (AvgIpc) is 2.77. The molecule has 1 N–H and O–H groups in total. The number of fused-ring (bicyclic) bond motifs is 1. The third-order valence-corrected chi connectivity index (χ3v) is 9.48.